The molecule has 0 amide bonds. The van der Waals surface area contributed by atoms with Crippen LogP contribution in [0.15, 0.2) is 24.3 Å². The summed E-state index contributed by atoms with van der Waals surface area (Å²) in [6.07, 6.45) is 9.34. The maximum Gasteiger partial charge on any atom is 0.389 e. The van der Waals surface area contributed by atoms with Crippen LogP contribution in [0.1, 0.15) is 100 Å². The van der Waals surface area contributed by atoms with E-state index in [1.807, 2.05) is 12.1 Å². The third-order valence-corrected chi connectivity index (χ3v) is 5.30. The van der Waals surface area contributed by atoms with E-state index < -0.39 is 17.8 Å². The zero-order valence-corrected chi connectivity index (χ0v) is 18.1. The van der Waals surface area contributed by atoms with Crippen LogP contribution in [0.3, 0.4) is 0 Å². The molecule has 0 bridgehead atoms. The number of benzene rings is 1. The van der Waals surface area contributed by atoms with Gasteiger partial charge in [0.15, 0.2) is 0 Å². The van der Waals surface area contributed by atoms with E-state index >= 15 is 0 Å². The predicted octanol–water partition coefficient (Wildman–Crippen LogP) is 8.50. The molecular formula is C23H35ClF3NO. The molecular weight excluding hydrogens is 399 g/mol. The summed E-state index contributed by atoms with van der Waals surface area (Å²) >= 11 is 5.42. The van der Waals surface area contributed by atoms with Gasteiger partial charge in [0.2, 0.25) is 0 Å². The molecule has 0 aliphatic carbocycles. The monoisotopic (exact) mass is 433 g/mol. The molecule has 0 saturated carbocycles. The Balaban J connectivity index is 1.80. The maximum atomic E-state index is 12.0. The minimum atomic E-state index is -3.99. The van der Waals surface area contributed by atoms with Crippen LogP contribution in [0.25, 0.3) is 0 Å². The van der Waals surface area contributed by atoms with Crippen LogP contribution < -0.4 is 5.32 Å². The van der Waals surface area contributed by atoms with Gasteiger partial charge >= 0.3 is 6.18 Å². The molecule has 1 aromatic carbocycles. The van der Waals surface area contributed by atoms with Gasteiger partial charge in [0.05, 0.1) is 0 Å². The quantitative estimate of drug-likeness (QED) is 0.197. The first-order chi connectivity index (χ1) is 13.9. The number of alkyl halides is 3. The lowest BCUT2D eigenvalue weighted by molar-refractivity contribution is -0.135. The first-order valence-electron chi connectivity index (χ1n) is 11.0. The van der Waals surface area contributed by atoms with Gasteiger partial charge in [0, 0.05) is 24.2 Å². The number of anilines is 1. The summed E-state index contributed by atoms with van der Waals surface area (Å²) in [6.45, 7) is 0.928. The third-order valence-electron chi connectivity index (χ3n) is 5.08. The van der Waals surface area contributed by atoms with E-state index in [2.05, 4.69) is 5.32 Å². The van der Waals surface area contributed by atoms with Crippen molar-refractivity contribution in [3.05, 3.63) is 29.8 Å². The molecule has 0 radical (unpaired) electrons. The highest BCUT2D eigenvalue weighted by Crippen LogP contribution is 2.23. The summed E-state index contributed by atoms with van der Waals surface area (Å²) in [7, 11) is 0. The summed E-state index contributed by atoms with van der Waals surface area (Å²) in [5.74, 6) is 0. The summed E-state index contributed by atoms with van der Waals surface area (Å²) in [4.78, 5) is 11.0. The van der Waals surface area contributed by atoms with Gasteiger partial charge in [-0.25, -0.2) is 0 Å². The Hall–Kier alpha value is -1.23. The fourth-order valence-electron chi connectivity index (χ4n) is 3.35. The van der Waals surface area contributed by atoms with Crippen LogP contribution in [0.5, 0.6) is 0 Å². The third kappa shape index (κ3) is 15.3. The van der Waals surface area contributed by atoms with Crippen molar-refractivity contribution >= 4 is 22.5 Å². The number of hydrogen-bond donors (Lipinski definition) is 1. The lowest BCUT2D eigenvalue weighted by Gasteiger charge is -2.07. The second-order valence-electron chi connectivity index (χ2n) is 7.74. The molecule has 2 nitrogen and oxygen atoms in total. The van der Waals surface area contributed by atoms with Crippen LogP contribution in [-0.2, 0) is 0 Å². The van der Waals surface area contributed by atoms with Crippen molar-refractivity contribution in [2.24, 2.45) is 0 Å². The standard InChI is InChI=1S/C23H35ClF3NO/c24-22(29)20-14-16-21(17-15-20)28-19-13-11-9-7-5-3-1-2-4-6-8-10-12-18-23(25,26)27/h14-17,28H,1-13,18-19H2. The molecule has 1 aromatic rings. The van der Waals surface area contributed by atoms with Crippen LogP contribution in [-0.4, -0.2) is 18.0 Å². The van der Waals surface area contributed by atoms with Crippen LogP contribution in [0.2, 0.25) is 0 Å². The Morgan fingerprint density at radius 1 is 0.724 bits per heavy atom. The van der Waals surface area contributed by atoms with Crippen LogP contribution in [0, 0.1) is 0 Å². The number of halogens is 4. The minimum absolute atomic E-state index is 0.278. The van der Waals surface area contributed by atoms with E-state index in [1.165, 1.54) is 44.9 Å². The van der Waals surface area contributed by atoms with Crippen LogP contribution >= 0.6 is 11.6 Å². The SMILES string of the molecule is O=C(Cl)c1ccc(NCCCCCCCCCCCCCCCC(F)(F)F)cc1. The molecule has 0 aliphatic rings. The fourth-order valence-corrected chi connectivity index (χ4v) is 3.47. The summed E-state index contributed by atoms with van der Waals surface area (Å²) in [5, 5.41) is 2.92. The summed E-state index contributed by atoms with van der Waals surface area (Å²) in [5.41, 5.74) is 1.52. The Labute approximate surface area is 178 Å². The van der Waals surface area contributed by atoms with Gasteiger partial charge in [-0.1, -0.05) is 70.6 Å². The first-order valence-corrected chi connectivity index (χ1v) is 11.4. The second kappa shape index (κ2) is 15.6. The molecule has 0 aliphatic heterocycles. The van der Waals surface area contributed by atoms with Gasteiger partial charge in [-0.2, -0.15) is 13.2 Å². The number of unbranched alkanes of at least 4 members (excludes halogenated alkanes) is 12. The lowest BCUT2D eigenvalue weighted by Crippen LogP contribution is -2.06. The van der Waals surface area contributed by atoms with E-state index in [0.717, 1.165) is 37.9 Å². The largest absolute Gasteiger partial charge is 0.389 e. The minimum Gasteiger partial charge on any atom is -0.385 e. The van der Waals surface area contributed by atoms with Gasteiger partial charge in [0.25, 0.3) is 5.24 Å². The van der Waals surface area contributed by atoms with E-state index in [4.69, 9.17) is 11.6 Å². The average Bonchev–Trinajstić information content (AvgIpc) is 2.67. The van der Waals surface area contributed by atoms with E-state index in [1.54, 1.807) is 12.1 Å². The Bertz CT molecular complexity index is 546. The number of rotatable bonds is 17. The van der Waals surface area contributed by atoms with Crippen molar-refractivity contribution in [1.82, 2.24) is 0 Å². The van der Waals surface area contributed by atoms with Crippen molar-refractivity contribution in [2.75, 3.05) is 11.9 Å². The highest BCUT2D eigenvalue weighted by Gasteiger charge is 2.25. The maximum absolute atomic E-state index is 12.0. The Morgan fingerprint density at radius 2 is 1.14 bits per heavy atom. The van der Waals surface area contributed by atoms with Gasteiger partial charge < -0.3 is 5.32 Å². The molecule has 1 rings (SSSR count). The fraction of sp³-hybridized carbons (Fsp3) is 0.696. The van der Waals surface area contributed by atoms with Crippen molar-refractivity contribution in [2.45, 2.75) is 96.1 Å². The van der Waals surface area contributed by atoms with Crippen molar-refractivity contribution in [3.8, 4) is 0 Å². The van der Waals surface area contributed by atoms with E-state index in [9.17, 15) is 18.0 Å². The molecule has 0 spiro atoms. The second-order valence-corrected chi connectivity index (χ2v) is 8.08. The van der Waals surface area contributed by atoms with Crippen LogP contribution in [0.4, 0.5) is 18.9 Å². The predicted molar refractivity (Wildman–Crippen MR) is 116 cm³/mol. The molecule has 0 aromatic heterocycles. The number of nitrogens with one attached hydrogen (secondary N) is 1. The van der Waals surface area contributed by atoms with Crippen molar-refractivity contribution in [3.63, 3.8) is 0 Å². The molecule has 0 heterocycles. The topological polar surface area (TPSA) is 29.1 Å². The normalized spacial score (nSPS) is 11.6. The average molecular weight is 434 g/mol. The highest BCUT2D eigenvalue weighted by atomic mass is 35.5. The Kier molecular flexibility index (Phi) is 13.9. The number of carbonyl (C=O) groups excluding carboxylic acids is 1. The summed E-state index contributed by atoms with van der Waals surface area (Å²) < 4.78 is 36.0. The molecule has 29 heavy (non-hydrogen) atoms. The van der Waals surface area contributed by atoms with Crippen molar-refractivity contribution in [1.29, 1.82) is 0 Å². The molecule has 0 atom stereocenters. The molecule has 0 saturated heterocycles. The van der Waals surface area contributed by atoms with E-state index in [-0.39, 0.29) is 6.42 Å². The number of hydrogen-bond acceptors (Lipinski definition) is 2. The molecule has 1 N–H and O–H groups in total. The van der Waals surface area contributed by atoms with Gasteiger partial charge in [-0.05, 0) is 48.7 Å². The smallest absolute Gasteiger partial charge is 0.385 e. The molecule has 6 heteroatoms. The van der Waals surface area contributed by atoms with Crippen molar-refractivity contribution < 1.29 is 18.0 Å². The number of carbonyl (C=O) groups is 1. The van der Waals surface area contributed by atoms with Gasteiger partial charge in [-0.15, -0.1) is 0 Å². The zero-order valence-electron chi connectivity index (χ0n) is 17.3. The molecule has 0 unspecified atom stereocenters. The van der Waals surface area contributed by atoms with Gasteiger partial charge in [-0.3, -0.25) is 4.79 Å². The summed E-state index contributed by atoms with van der Waals surface area (Å²) in [6, 6.07) is 7.20. The lowest BCUT2D eigenvalue weighted by atomic mass is 10.0. The Morgan fingerprint density at radius 3 is 1.55 bits per heavy atom. The first kappa shape index (κ1) is 25.8. The molecule has 166 valence electrons. The molecule has 0 fully saturated rings. The van der Waals surface area contributed by atoms with Gasteiger partial charge in [0.1, 0.15) is 0 Å². The van der Waals surface area contributed by atoms with E-state index in [0.29, 0.717) is 12.0 Å². The highest BCUT2D eigenvalue weighted by molar-refractivity contribution is 6.67. The zero-order chi connectivity index (χ0) is 21.4.